The van der Waals surface area contributed by atoms with Crippen molar-refractivity contribution < 1.29 is 14.3 Å². The van der Waals surface area contributed by atoms with Crippen molar-refractivity contribution in [1.82, 2.24) is 9.80 Å². The van der Waals surface area contributed by atoms with Gasteiger partial charge in [-0.2, -0.15) is 0 Å². The maximum atomic E-state index is 12.4. The number of carbonyl (C=O) groups excluding carboxylic acids is 2. The van der Waals surface area contributed by atoms with Gasteiger partial charge in [-0.05, 0) is 39.2 Å². The molecule has 0 bridgehead atoms. The van der Waals surface area contributed by atoms with E-state index in [2.05, 4.69) is 0 Å². The molecular weight excluding hydrogens is 318 g/mol. The van der Waals surface area contributed by atoms with E-state index in [4.69, 9.17) is 10.5 Å². The summed E-state index contributed by atoms with van der Waals surface area (Å²) in [6.45, 7) is 7.18. The summed E-state index contributed by atoms with van der Waals surface area (Å²) in [6, 6.07) is 9.35. The molecule has 1 fully saturated rings. The molecule has 1 aromatic rings. The number of hydrogen-bond donors (Lipinski definition) is 1. The standard InChI is InChI=1S/C19H29N3O3/c1-14(2)22(18(23)15(3)20)17-9-11-21(12-10-17)19(24)25-13-16-7-5-4-6-8-16/h4-8,14-15,17H,9-13,20H2,1-3H3. The predicted octanol–water partition coefficient (Wildman–Crippen LogP) is 2.37. The zero-order chi connectivity index (χ0) is 18.4. The third-order valence-corrected chi connectivity index (χ3v) is 4.52. The van der Waals surface area contributed by atoms with Crippen LogP contribution >= 0.6 is 0 Å². The largest absolute Gasteiger partial charge is 0.445 e. The summed E-state index contributed by atoms with van der Waals surface area (Å²) in [5, 5.41) is 0. The van der Waals surface area contributed by atoms with E-state index in [9.17, 15) is 9.59 Å². The average molecular weight is 347 g/mol. The zero-order valence-electron chi connectivity index (χ0n) is 15.4. The second-order valence-electron chi connectivity index (χ2n) is 6.89. The Hall–Kier alpha value is -2.08. The van der Waals surface area contributed by atoms with Gasteiger partial charge < -0.3 is 20.3 Å². The number of likely N-dealkylation sites (tertiary alicyclic amines) is 1. The van der Waals surface area contributed by atoms with Crippen LogP contribution in [0.5, 0.6) is 0 Å². The van der Waals surface area contributed by atoms with Gasteiger partial charge in [-0.1, -0.05) is 30.3 Å². The highest BCUT2D eigenvalue weighted by Crippen LogP contribution is 2.20. The highest BCUT2D eigenvalue weighted by Gasteiger charge is 2.32. The Morgan fingerprint density at radius 2 is 1.80 bits per heavy atom. The summed E-state index contributed by atoms with van der Waals surface area (Å²) in [5.41, 5.74) is 6.75. The number of nitrogens with zero attached hydrogens (tertiary/aromatic N) is 2. The molecule has 1 saturated heterocycles. The normalized spacial score (nSPS) is 16.6. The van der Waals surface area contributed by atoms with Crippen LogP contribution in [0.2, 0.25) is 0 Å². The number of piperidine rings is 1. The summed E-state index contributed by atoms with van der Waals surface area (Å²) >= 11 is 0. The molecular formula is C19H29N3O3. The van der Waals surface area contributed by atoms with E-state index in [0.29, 0.717) is 13.1 Å². The molecule has 0 spiro atoms. The first-order valence-corrected chi connectivity index (χ1v) is 8.93. The molecule has 1 aromatic carbocycles. The molecule has 0 saturated carbocycles. The Balaban J connectivity index is 1.85. The van der Waals surface area contributed by atoms with Gasteiger partial charge in [0.1, 0.15) is 6.61 Å². The summed E-state index contributed by atoms with van der Waals surface area (Å²) in [5.74, 6) is -0.0277. The lowest BCUT2D eigenvalue weighted by Gasteiger charge is -2.41. The van der Waals surface area contributed by atoms with E-state index >= 15 is 0 Å². The quantitative estimate of drug-likeness (QED) is 0.887. The van der Waals surface area contributed by atoms with Gasteiger partial charge in [0.15, 0.2) is 0 Å². The van der Waals surface area contributed by atoms with Gasteiger partial charge in [0, 0.05) is 25.2 Å². The van der Waals surface area contributed by atoms with Crippen molar-refractivity contribution in [1.29, 1.82) is 0 Å². The van der Waals surface area contributed by atoms with E-state index in [1.807, 2.05) is 49.1 Å². The minimum absolute atomic E-state index is 0.0277. The fourth-order valence-electron chi connectivity index (χ4n) is 3.23. The van der Waals surface area contributed by atoms with Crippen LogP contribution in [-0.2, 0) is 16.1 Å². The highest BCUT2D eigenvalue weighted by molar-refractivity contribution is 5.81. The molecule has 1 heterocycles. The SMILES string of the molecule is CC(N)C(=O)N(C(C)C)C1CCN(C(=O)OCc2ccccc2)CC1. The van der Waals surface area contributed by atoms with Gasteiger partial charge in [-0.25, -0.2) is 4.79 Å². The highest BCUT2D eigenvalue weighted by atomic mass is 16.6. The summed E-state index contributed by atoms with van der Waals surface area (Å²) in [4.78, 5) is 28.2. The number of rotatable bonds is 5. The van der Waals surface area contributed by atoms with E-state index in [1.165, 1.54) is 0 Å². The number of benzene rings is 1. The molecule has 1 aliphatic heterocycles. The molecule has 1 atom stereocenters. The first kappa shape index (κ1) is 19.2. The maximum absolute atomic E-state index is 12.4. The van der Waals surface area contributed by atoms with Gasteiger partial charge >= 0.3 is 6.09 Å². The molecule has 0 aliphatic carbocycles. The summed E-state index contributed by atoms with van der Waals surface area (Å²) < 4.78 is 5.38. The van der Waals surface area contributed by atoms with Gasteiger partial charge in [-0.15, -0.1) is 0 Å². The van der Waals surface area contributed by atoms with E-state index < -0.39 is 6.04 Å². The molecule has 25 heavy (non-hydrogen) atoms. The fraction of sp³-hybridized carbons (Fsp3) is 0.579. The minimum Gasteiger partial charge on any atom is -0.445 e. The topological polar surface area (TPSA) is 75.9 Å². The summed E-state index contributed by atoms with van der Waals surface area (Å²) in [6.07, 6.45) is 1.20. The van der Waals surface area contributed by atoms with Crippen molar-refractivity contribution in [2.24, 2.45) is 5.73 Å². The smallest absolute Gasteiger partial charge is 0.410 e. The van der Waals surface area contributed by atoms with Crippen molar-refractivity contribution in [3.8, 4) is 0 Å². The van der Waals surface area contributed by atoms with Crippen LogP contribution in [-0.4, -0.2) is 53.0 Å². The molecule has 138 valence electrons. The molecule has 6 nitrogen and oxygen atoms in total. The number of nitrogens with two attached hydrogens (primary N) is 1. The van der Waals surface area contributed by atoms with Crippen LogP contribution in [0.3, 0.4) is 0 Å². The molecule has 0 radical (unpaired) electrons. The van der Waals surface area contributed by atoms with Crippen molar-refractivity contribution in [3.05, 3.63) is 35.9 Å². The van der Waals surface area contributed by atoms with Crippen LogP contribution in [0.15, 0.2) is 30.3 Å². The van der Waals surface area contributed by atoms with E-state index in [-0.39, 0.29) is 30.7 Å². The van der Waals surface area contributed by atoms with Crippen LogP contribution in [0.25, 0.3) is 0 Å². The zero-order valence-corrected chi connectivity index (χ0v) is 15.4. The summed E-state index contributed by atoms with van der Waals surface area (Å²) in [7, 11) is 0. The monoisotopic (exact) mass is 347 g/mol. The third kappa shape index (κ3) is 5.19. The van der Waals surface area contributed by atoms with Gasteiger partial charge in [0.25, 0.3) is 0 Å². The lowest BCUT2D eigenvalue weighted by atomic mass is 10.0. The van der Waals surface area contributed by atoms with Crippen molar-refractivity contribution in [3.63, 3.8) is 0 Å². The number of hydrogen-bond acceptors (Lipinski definition) is 4. The molecule has 2 amide bonds. The Morgan fingerprint density at radius 3 is 2.32 bits per heavy atom. The van der Waals surface area contributed by atoms with Gasteiger partial charge in [0.2, 0.25) is 5.91 Å². The lowest BCUT2D eigenvalue weighted by Crippen LogP contribution is -2.54. The fourth-order valence-corrected chi connectivity index (χ4v) is 3.23. The molecule has 0 aromatic heterocycles. The van der Waals surface area contributed by atoms with Crippen LogP contribution in [0.4, 0.5) is 4.79 Å². The first-order valence-electron chi connectivity index (χ1n) is 8.93. The number of carbonyl (C=O) groups is 2. The van der Waals surface area contributed by atoms with Crippen molar-refractivity contribution >= 4 is 12.0 Å². The Bertz CT molecular complexity index is 567. The van der Waals surface area contributed by atoms with E-state index in [1.54, 1.807) is 11.8 Å². The van der Waals surface area contributed by atoms with Gasteiger partial charge in [-0.3, -0.25) is 4.79 Å². The van der Waals surface area contributed by atoms with Crippen LogP contribution in [0, 0.1) is 0 Å². The average Bonchev–Trinajstić information content (AvgIpc) is 2.61. The molecule has 2 rings (SSSR count). The van der Waals surface area contributed by atoms with Crippen LogP contribution in [0.1, 0.15) is 39.2 Å². The number of ether oxygens (including phenoxy) is 1. The molecule has 2 N–H and O–H groups in total. The number of amides is 2. The van der Waals surface area contributed by atoms with Crippen molar-refractivity contribution in [2.75, 3.05) is 13.1 Å². The lowest BCUT2D eigenvalue weighted by molar-refractivity contribution is -0.137. The first-order chi connectivity index (χ1) is 11.9. The minimum atomic E-state index is -0.503. The second-order valence-corrected chi connectivity index (χ2v) is 6.89. The maximum Gasteiger partial charge on any atom is 0.410 e. The predicted molar refractivity (Wildman–Crippen MR) is 96.9 cm³/mol. The molecule has 6 heteroatoms. The molecule has 1 aliphatic rings. The molecule has 1 unspecified atom stereocenters. The van der Waals surface area contributed by atoms with Crippen molar-refractivity contribution in [2.45, 2.75) is 58.3 Å². The third-order valence-electron chi connectivity index (χ3n) is 4.52. The van der Waals surface area contributed by atoms with E-state index in [0.717, 1.165) is 18.4 Å². The Kier molecular flexibility index (Phi) is 6.82. The Morgan fingerprint density at radius 1 is 1.20 bits per heavy atom. The van der Waals surface area contributed by atoms with Gasteiger partial charge in [0.05, 0.1) is 6.04 Å². The van der Waals surface area contributed by atoms with Crippen LogP contribution < -0.4 is 5.73 Å². The Labute approximate surface area is 149 Å². The second kappa shape index (κ2) is 8.85.